The van der Waals surface area contributed by atoms with Gasteiger partial charge in [-0.15, -0.1) is 11.3 Å². The Bertz CT molecular complexity index is 1170. The van der Waals surface area contributed by atoms with Crippen molar-refractivity contribution < 1.29 is 28.6 Å². The first kappa shape index (κ1) is 25.8. The van der Waals surface area contributed by atoms with E-state index in [0.29, 0.717) is 16.8 Å². The minimum Gasteiger partial charge on any atom is -0.462 e. The fraction of sp³-hybridized carbons (Fsp3) is 0.409. The molecule has 2 aromatic rings. The van der Waals surface area contributed by atoms with Gasteiger partial charge in [-0.25, -0.2) is 9.59 Å². The first-order valence-corrected chi connectivity index (χ1v) is 10.9. The number of pyridine rings is 1. The van der Waals surface area contributed by atoms with Gasteiger partial charge >= 0.3 is 11.9 Å². The summed E-state index contributed by atoms with van der Waals surface area (Å²) in [7, 11) is 1.45. The van der Waals surface area contributed by atoms with Gasteiger partial charge in [-0.05, 0) is 39.3 Å². The second-order valence-electron chi connectivity index (χ2n) is 6.87. The third kappa shape index (κ3) is 5.66. The maximum Gasteiger partial charge on any atom is 0.348 e. The van der Waals surface area contributed by atoms with Crippen LogP contribution in [0.25, 0.3) is 0 Å². The van der Waals surface area contributed by atoms with Crippen LogP contribution >= 0.6 is 11.3 Å². The van der Waals surface area contributed by atoms with Crippen molar-refractivity contribution in [3.63, 3.8) is 0 Å². The summed E-state index contributed by atoms with van der Waals surface area (Å²) >= 11 is 0.889. The van der Waals surface area contributed by atoms with Crippen molar-refractivity contribution in [2.45, 2.75) is 40.8 Å². The zero-order valence-electron chi connectivity index (χ0n) is 19.1. The molecule has 0 saturated heterocycles. The van der Waals surface area contributed by atoms with Crippen LogP contribution < -0.4 is 10.9 Å². The Morgan fingerprint density at radius 1 is 1.15 bits per heavy atom. The van der Waals surface area contributed by atoms with E-state index in [2.05, 4.69) is 5.32 Å². The number of hydrogen-bond donors (Lipinski definition) is 1. The number of anilines is 1. The van der Waals surface area contributed by atoms with E-state index in [1.165, 1.54) is 7.11 Å². The van der Waals surface area contributed by atoms with Gasteiger partial charge in [0.2, 0.25) is 5.91 Å². The van der Waals surface area contributed by atoms with E-state index in [9.17, 15) is 24.4 Å². The molecule has 2 aromatic heterocycles. The molecule has 0 aromatic carbocycles. The number of amides is 1. The third-order valence-corrected chi connectivity index (χ3v) is 5.83. The normalized spacial score (nSPS) is 10.4. The molecule has 1 amide bonds. The lowest BCUT2D eigenvalue weighted by Gasteiger charge is -2.13. The zero-order valence-corrected chi connectivity index (χ0v) is 19.9. The molecule has 2 rings (SSSR count). The molecular formula is C22H25N3O7S. The summed E-state index contributed by atoms with van der Waals surface area (Å²) in [5.41, 5.74) is 0.531. The van der Waals surface area contributed by atoms with Crippen molar-refractivity contribution in [3.05, 3.63) is 49.2 Å². The largest absolute Gasteiger partial charge is 0.462 e. The number of carbonyl (C=O) groups is 3. The van der Waals surface area contributed by atoms with Crippen LogP contribution in [0.5, 0.6) is 0 Å². The Hall–Kier alpha value is -3.49. The van der Waals surface area contributed by atoms with Gasteiger partial charge in [-0.2, -0.15) is 5.26 Å². The highest BCUT2D eigenvalue weighted by molar-refractivity contribution is 7.18. The van der Waals surface area contributed by atoms with Crippen molar-refractivity contribution in [1.82, 2.24) is 4.57 Å². The van der Waals surface area contributed by atoms with Gasteiger partial charge in [-0.3, -0.25) is 9.59 Å². The van der Waals surface area contributed by atoms with Gasteiger partial charge in [0.25, 0.3) is 5.56 Å². The molecule has 33 heavy (non-hydrogen) atoms. The van der Waals surface area contributed by atoms with Crippen LogP contribution in [0.4, 0.5) is 5.00 Å². The predicted molar refractivity (Wildman–Crippen MR) is 120 cm³/mol. The highest BCUT2D eigenvalue weighted by Crippen LogP contribution is 2.34. The standard InChI is InChI=1S/C22H25N3O7S/c1-6-31-21(28)17-13(4)18(22(29)32-7-2)33-19(17)24-16(26)10-25-12(3)8-14(11-30-5)15(9-23)20(25)27/h8H,6-7,10-11H2,1-5H3,(H,24,26). The molecule has 0 aliphatic rings. The molecule has 0 saturated carbocycles. The lowest BCUT2D eigenvalue weighted by atomic mass is 10.1. The van der Waals surface area contributed by atoms with Crippen LogP contribution in [-0.4, -0.2) is 42.7 Å². The number of ether oxygens (including phenoxy) is 3. The van der Waals surface area contributed by atoms with Gasteiger partial charge in [0, 0.05) is 18.4 Å². The van der Waals surface area contributed by atoms with Crippen LogP contribution in [0.3, 0.4) is 0 Å². The number of methoxy groups -OCH3 is 1. The van der Waals surface area contributed by atoms with E-state index >= 15 is 0 Å². The number of aryl methyl sites for hydroxylation is 1. The summed E-state index contributed by atoms with van der Waals surface area (Å²) in [6.45, 7) is 6.42. The molecule has 0 bridgehead atoms. The third-order valence-electron chi connectivity index (χ3n) is 4.64. The van der Waals surface area contributed by atoms with Gasteiger partial charge in [0.15, 0.2) is 0 Å². The molecule has 2 heterocycles. The van der Waals surface area contributed by atoms with Gasteiger partial charge in [0.1, 0.15) is 28.1 Å². The maximum absolute atomic E-state index is 12.8. The molecule has 10 nitrogen and oxygen atoms in total. The van der Waals surface area contributed by atoms with E-state index in [-0.39, 0.29) is 40.8 Å². The maximum atomic E-state index is 12.8. The highest BCUT2D eigenvalue weighted by atomic mass is 32.1. The average molecular weight is 476 g/mol. The quantitative estimate of drug-likeness (QED) is 0.546. The van der Waals surface area contributed by atoms with E-state index in [1.54, 1.807) is 33.8 Å². The number of nitrogens with zero attached hydrogens (tertiary/aromatic N) is 2. The topological polar surface area (TPSA) is 137 Å². The van der Waals surface area contributed by atoms with E-state index in [0.717, 1.165) is 15.9 Å². The van der Waals surface area contributed by atoms with Crippen LogP contribution in [0.2, 0.25) is 0 Å². The molecule has 1 N–H and O–H groups in total. The summed E-state index contributed by atoms with van der Waals surface area (Å²) in [4.78, 5) is 50.5. The predicted octanol–water partition coefficient (Wildman–Crippen LogP) is 2.54. The number of nitriles is 1. The molecule has 0 aliphatic heterocycles. The first-order chi connectivity index (χ1) is 15.7. The van der Waals surface area contributed by atoms with E-state index < -0.39 is 29.9 Å². The Morgan fingerprint density at radius 3 is 2.36 bits per heavy atom. The molecule has 0 atom stereocenters. The SMILES string of the molecule is CCOC(=O)c1sc(NC(=O)Cn2c(C)cc(COC)c(C#N)c2=O)c(C(=O)OCC)c1C. The van der Waals surface area contributed by atoms with E-state index in [1.807, 2.05) is 6.07 Å². The van der Waals surface area contributed by atoms with Crippen LogP contribution in [0.15, 0.2) is 10.9 Å². The van der Waals surface area contributed by atoms with Crippen molar-refractivity contribution in [2.75, 3.05) is 25.6 Å². The van der Waals surface area contributed by atoms with Gasteiger partial charge in [0.05, 0.1) is 25.4 Å². The van der Waals surface area contributed by atoms with Crippen molar-refractivity contribution >= 4 is 34.2 Å². The molecule has 0 fully saturated rings. The summed E-state index contributed by atoms with van der Waals surface area (Å²) in [5, 5.41) is 12.1. The zero-order chi connectivity index (χ0) is 24.7. The van der Waals surface area contributed by atoms with Crippen molar-refractivity contribution in [2.24, 2.45) is 0 Å². The van der Waals surface area contributed by atoms with Crippen LogP contribution in [-0.2, 0) is 32.2 Å². The fourth-order valence-corrected chi connectivity index (χ4v) is 4.28. The Labute approximate surface area is 194 Å². The molecule has 0 aliphatic carbocycles. The number of rotatable bonds is 9. The number of aromatic nitrogens is 1. The molecule has 11 heteroatoms. The fourth-order valence-electron chi connectivity index (χ4n) is 3.17. The first-order valence-electron chi connectivity index (χ1n) is 10.1. The summed E-state index contributed by atoms with van der Waals surface area (Å²) in [6, 6.07) is 3.46. The number of esters is 2. The lowest BCUT2D eigenvalue weighted by Crippen LogP contribution is -2.31. The summed E-state index contributed by atoms with van der Waals surface area (Å²) in [5.74, 6) is -1.93. The summed E-state index contributed by atoms with van der Waals surface area (Å²) < 4.78 is 16.3. The highest BCUT2D eigenvalue weighted by Gasteiger charge is 2.27. The second kappa shape index (κ2) is 11.4. The molecule has 0 radical (unpaired) electrons. The monoisotopic (exact) mass is 475 g/mol. The number of nitrogens with one attached hydrogen (secondary N) is 1. The number of thiophene rings is 1. The smallest absolute Gasteiger partial charge is 0.348 e. The average Bonchev–Trinajstić information content (AvgIpc) is 3.07. The second-order valence-corrected chi connectivity index (χ2v) is 7.89. The molecular weight excluding hydrogens is 450 g/mol. The molecule has 176 valence electrons. The number of carbonyl (C=O) groups excluding carboxylic acids is 3. The minimum atomic E-state index is -0.693. The summed E-state index contributed by atoms with van der Waals surface area (Å²) in [6.07, 6.45) is 0. The van der Waals surface area contributed by atoms with Gasteiger partial charge < -0.3 is 24.1 Å². The Balaban J connectivity index is 2.42. The minimum absolute atomic E-state index is 0.0514. The van der Waals surface area contributed by atoms with E-state index in [4.69, 9.17) is 14.2 Å². The number of hydrogen-bond acceptors (Lipinski definition) is 9. The molecule has 0 spiro atoms. The van der Waals surface area contributed by atoms with Gasteiger partial charge in [-0.1, -0.05) is 0 Å². The van der Waals surface area contributed by atoms with Crippen LogP contribution in [0.1, 0.15) is 56.3 Å². The Kier molecular flexibility index (Phi) is 8.90. The molecule has 0 unspecified atom stereocenters. The van der Waals surface area contributed by atoms with Crippen molar-refractivity contribution in [1.29, 1.82) is 5.26 Å². The van der Waals surface area contributed by atoms with Crippen LogP contribution in [0, 0.1) is 25.2 Å². The Morgan fingerprint density at radius 2 is 1.79 bits per heavy atom. The van der Waals surface area contributed by atoms with Crippen molar-refractivity contribution in [3.8, 4) is 6.07 Å². The lowest BCUT2D eigenvalue weighted by molar-refractivity contribution is -0.116.